The van der Waals surface area contributed by atoms with Crippen molar-refractivity contribution in [3.8, 4) is 0 Å². The summed E-state index contributed by atoms with van der Waals surface area (Å²) in [6.45, 7) is 0. The maximum absolute atomic E-state index is 12.9. The lowest BCUT2D eigenvalue weighted by molar-refractivity contribution is -0.124. The molecule has 0 atom stereocenters. The molecule has 0 saturated heterocycles. The molecule has 2 N–H and O–H groups in total. The Balaban J connectivity index is 1.23. The molecule has 4 fully saturated rings. The van der Waals surface area contributed by atoms with Crippen LogP contribution in [-0.2, 0) is 4.79 Å². The number of anilines is 2. The van der Waals surface area contributed by atoms with E-state index in [1.165, 1.54) is 38.5 Å². The van der Waals surface area contributed by atoms with Crippen LogP contribution >= 0.6 is 23.2 Å². The van der Waals surface area contributed by atoms with Gasteiger partial charge >= 0.3 is 0 Å². The molecular formula is C25H26Cl2N2O2. The summed E-state index contributed by atoms with van der Waals surface area (Å²) in [5.74, 6) is 2.25. The summed E-state index contributed by atoms with van der Waals surface area (Å²) < 4.78 is 0. The molecular weight excluding hydrogens is 431 g/mol. The fourth-order valence-electron chi connectivity index (χ4n) is 6.60. The summed E-state index contributed by atoms with van der Waals surface area (Å²) in [5.41, 5.74) is 1.84. The largest absolute Gasteiger partial charge is 0.326 e. The van der Waals surface area contributed by atoms with E-state index in [9.17, 15) is 9.59 Å². The minimum absolute atomic E-state index is 0.0752. The summed E-state index contributed by atoms with van der Waals surface area (Å²) in [5, 5.41) is 6.67. The fraction of sp³-hybridized carbons (Fsp3) is 0.440. The van der Waals surface area contributed by atoms with Gasteiger partial charge in [0.1, 0.15) is 0 Å². The number of amides is 2. The predicted octanol–water partition coefficient (Wildman–Crippen LogP) is 6.79. The second kappa shape index (κ2) is 8.14. The second-order valence-electron chi connectivity index (χ2n) is 9.80. The third-order valence-corrected chi connectivity index (χ3v) is 7.83. The summed E-state index contributed by atoms with van der Waals surface area (Å²) in [7, 11) is 0. The molecule has 4 bridgehead atoms. The molecule has 6 heteroatoms. The normalized spacial score (nSPS) is 28.4. The van der Waals surface area contributed by atoms with E-state index in [0.29, 0.717) is 33.4 Å². The van der Waals surface area contributed by atoms with Gasteiger partial charge in [0.05, 0.1) is 10.6 Å². The number of rotatable bonds is 5. The van der Waals surface area contributed by atoms with Crippen molar-refractivity contribution in [2.45, 2.75) is 44.9 Å². The van der Waals surface area contributed by atoms with E-state index < -0.39 is 0 Å². The Morgan fingerprint density at radius 3 is 2.10 bits per heavy atom. The average Bonchev–Trinajstić information content (AvgIpc) is 2.66. The van der Waals surface area contributed by atoms with Crippen LogP contribution in [0.4, 0.5) is 11.4 Å². The van der Waals surface area contributed by atoms with Gasteiger partial charge in [-0.15, -0.1) is 0 Å². The lowest BCUT2D eigenvalue weighted by Crippen LogP contribution is -2.47. The van der Waals surface area contributed by atoms with Crippen LogP contribution in [0.5, 0.6) is 0 Å². The molecule has 31 heavy (non-hydrogen) atoms. The van der Waals surface area contributed by atoms with Crippen molar-refractivity contribution in [1.29, 1.82) is 0 Å². The Morgan fingerprint density at radius 2 is 1.48 bits per heavy atom. The molecule has 0 heterocycles. The summed E-state index contributed by atoms with van der Waals surface area (Å²) in [6, 6.07) is 12.0. The van der Waals surface area contributed by atoms with Crippen LogP contribution in [0.3, 0.4) is 0 Å². The molecule has 2 amide bonds. The molecule has 0 unspecified atom stereocenters. The number of nitrogens with one attached hydrogen (secondary N) is 2. The first-order chi connectivity index (χ1) is 14.9. The van der Waals surface area contributed by atoms with Crippen LogP contribution in [0.1, 0.15) is 55.3 Å². The van der Waals surface area contributed by atoms with Crippen molar-refractivity contribution in [2.75, 3.05) is 10.6 Å². The molecule has 2 aromatic carbocycles. The van der Waals surface area contributed by atoms with E-state index in [1.807, 2.05) is 12.1 Å². The molecule has 4 saturated carbocycles. The Labute approximate surface area is 192 Å². The van der Waals surface area contributed by atoms with E-state index in [2.05, 4.69) is 10.6 Å². The van der Waals surface area contributed by atoms with Crippen molar-refractivity contribution in [3.05, 3.63) is 58.1 Å². The first-order valence-corrected chi connectivity index (χ1v) is 11.8. The van der Waals surface area contributed by atoms with Crippen molar-refractivity contribution in [3.63, 3.8) is 0 Å². The van der Waals surface area contributed by atoms with Gasteiger partial charge < -0.3 is 10.6 Å². The Morgan fingerprint density at radius 1 is 0.871 bits per heavy atom. The fourth-order valence-corrected chi connectivity index (χ4v) is 7.09. The summed E-state index contributed by atoms with van der Waals surface area (Å²) >= 11 is 12.0. The topological polar surface area (TPSA) is 58.2 Å². The molecule has 4 aliphatic rings. The minimum atomic E-state index is -0.321. The lowest BCUT2D eigenvalue weighted by atomic mass is 9.49. The highest BCUT2D eigenvalue weighted by molar-refractivity contribution is 6.37. The SMILES string of the molecule is O=C(CC12CC3CC(CC(C3)C1)C2)Nc1cccc(NC(=O)c2ccc(Cl)cc2Cl)c1. The molecule has 0 aromatic heterocycles. The minimum Gasteiger partial charge on any atom is -0.326 e. The quantitative estimate of drug-likeness (QED) is 0.519. The van der Waals surface area contributed by atoms with Crippen molar-refractivity contribution in [1.82, 2.24) is 0 Å². The number of hydrogen-bond donors (Lipinski definition) is 2. The van der Waals surface area contributed by atoms with Crippen LogP contribution in [0.25, 0.3) is 0 Å². The molecule has 4 nitrogen and oxygen atoms in total. The number of hydrogen-bond acceptors (Lipinski definition) is 2. The first kappa shape index (κ1) is 20.8. The third-order valence-electron chi connectivity index (χ3n) is 7.28. The summed E-state index contributed by atoms with van der Waals surface area (Å²) in [6.07, 6.45) is 8.37. The van der Waals surface area contributed by atoms with Gasteiger partial charge in [-0.3, -0.25) is 9.59 Å². The maximum atomic E-state index is 12.9. The smallest absolute Gasteiger partial charge is 0.257 e. The average molecular weight is 457 g/mol. The molecule has 2 aromatic rings. The summed E-state index contributed by atoms with van der Waals surface area (Å²) in [4.78, 5) is 25.5. The van der Waals surface area contributed by atoms with Crippen molar-refractivity contribution >= 4 is 46.4 Å². The third kappa shape index (κ3) is 4.47. The van der Waals surface area contributed by atoms with Crippen LogP contribution in [-0.4, -0.2) is 11.8 Å². The van der Waals surface area contributed by atoms with E-state index >= 15 is 0 Å². The molecule has 0 radical (unpaired) electrons. The van der Waals surface area contributed by atoms with Gasteiger partial charge in [0.2, 0.25) is 5.91 Å². The standard InChI is InChI=1S/C25H26Cl2N2O2/c26-18-4-5-21(22(27)9-18)24(31)29-20-3-1-2-19(10-20)28-23(30)14-25-11-15-6-16(12-25)8-17(7-15)13-25/h1-5,9-10,15-17H,6-8,11-14H2,(H,28,30)(H,29,31). The predicted molar refractivity (Wildman–Crippen MR) is 125 cm³/mol. The van der Waals surface area contributed by atoms with Gasteiger partial charge in [0.25, 0.3) is 5.91 Å². The van der Waals surface area contributed by atoms with Crippen LogP contribution in [0, 0.1) is 23.2 Å². The highest BCUT2D eigenvalue weighted by atomic mass is 35.5. The Kier molecular flexibility index (Phi) is 5.47. The molecule has 4 aliphatic carbocycles. The number of benzene rings is 2. The first-order valence-electron chi connectivity index (χ1n) is 11.0. The van der Waals surface area contributed by atoms with E-state index in [1.54, 1.807) is 30.3 Å². The zero-order valence-electron chi connectivity index (χ0n) is 17.3. The van der Waals surface area contributed by atoms with Gasteiger partial charge in [-0.05, 0) is 98.1 Å². The molecule has 0 aliphatic heterocycles. The van der Waals surface area contributed by atoms with Gasteiger partial charge in [-0.1, -0.05) is 29.3 Å². The molecule has 162 valence electrons. The number of halogens is 2. The van der Waals surface area contributed by atoms with Gasteiger partial charge in [-0.2, -0.15) is 0 Å². The van der Waals surface area contributed by atoms with Gasteiger partial charge in [-0.25, -0.2) is 0 Å². The van der Waals surface area contributed by atoms with E-state index in [4.69, 9.17) is 23.2 Å². The second-order valence-corrected chi connectivity index (χ2v) is 10.6. The lowest BCUT2D eigenvalue weighted by Gasteiger charge is -2.56. The van der Waals surface area contributed by atoms with E-state index in [-0.39, 0.29) is 17.2 Å². The maximum Gasteiger partial charge on any atom is 0.257 e. The van der Waals surface area contributed by atoms with Crippen LogP contribution in [0.2, 0.25) is 10.0 Å². The number of carbonyl (C=O) groups is 2. The van der Waals surface area contributed by atoms with Crippen LogP contribution in [0.15, 0.2) is 42.5 Å². The highest BCUT2D eigenvalue weighted by Gasteiger charge is 2.51. The monoisotopic (exact) mass is 456 g/mol. The molecule has 0 spiro atoms. The van der Waals surface area contributed by atoms with E-state index in [0.717, 1.165) is 17.8 Å². The highest BCUT2D eigenvalue weighted by Crippen LogP contribution is 2.61. The molecule has 6 rings (SSSR count). The van der Waals surface area contributed by atoms with Gasteiger partial charge in [0.15, 0.2) is 0 Å². The van der Waals surface area contributed by atoms with Crippen LogP contribution < -0.4 is 10.6 Å². The Hall–Kier alpha value is -2.04. The van der Waals surface area contributed by atoms with Crippen molar-refractivity contribution < 1.29 is 9.59 Å². The zero-order chi connectivity index (χ0) is 21.6. The zero-order valence-corrected chi connectivity index (χ0v) is 18.8. The van der Waals surface area contributed by atoms with Crippen molar-refractivity contribution in [2.24, 2.45) is 23.2 Å². The number of carbonyl (C=O) groups excluding carboxylic acids is 2. The Bertz CT molecular complexity index is 1000. The van der Waals surface area contributed by atoms with Gasteiger partial charge in [0, 0.05) is 22.8 Å².